The monoisotopic (exact) mass is 355 g/mol. The molecule has 0 fully saturated rings. The Kier molecular flexibility index (Phi) is 5.70. The van der Waals surface area contributed by atoms with Gasteiger partial charge in [0.05, 0.1) is 7.11 Å². The first-order valence-electron chi connectivity index (χ1n) is 8.41. The van der Waals surface area contributed by atoms with Crippen LogP contribution >= 0.6 is 0 Å². The second-order valence-corrected chi connectivity index (χ2v) is 7.19. The molecule has 0 unspecified atom stereocenters. The number of carbonyl (C=O) groups excluding carboxylic acids is 2. The van der Waals surface area contributed by atoms with Gasteiger partial charge in [0, 0.05) is 0 Å². The van der Waals surface area contributed by atoms with Crippen molar-refractivity contribution in [2.75, 3.05) is 7.11 Å². The van der Waals surface area contributed by atoms with Crippen molar-refractivity contribution in [3.8, 4) is 11.1 Å². The molecule has 2 rings (SSSR count). The van der Waals surface area contributed by atoms with Crippen LogP contribution in [0.3, 0.4) is 0 Å². The number of alkyl carbamates (subject to hydrolysis) is 1. The summed E-state index contributed by atoms with van der Waals surface area (Å²) in [5.74, 6) is -0.573. The van der Waals surface area contributed by atoms with Gasteiger partial charge in [-0.3, -0.25) is 0 Å². The van der Waals surface area contributed by atoms with E-state index in [0.29, 0.717) is 5.56 Å². The Labute approximate surface area is 154 Å². The summed E-state index contributed by atoms with van der Waals surface area (Å²) in [5, 5.41) is 2.64. The summed E-state index contributed by atoms with van der Waals surface area (Å²) in [6.07, 6.45) is -0.683. The van der Waals surface area contributed by atoms with Gasteiger partial charge in [-0.05, 0) is 44.4 Å². The van der Waals surface area contributed by atoms with E-state index in [1.165, 1.54) is 7.11 Å². The minimum absolute atomic E-state index is 0.573. The van der Waals surface area contributed by atoms with Crippen molar-refractivity contribution in [1.82, 2.24) is 5.32 Å². The fraction of sp³-hybridized carbons (Fsp3) is 0.333. The molecule has 0 saturated heterocycles. The van der Waals surface area contributed by atoms with Crippen molar-refractivity contribution >= 4 is 12.1 Å². The average molecular weight is 355 g/mol. The van der Waals surface area contributed by atoms with Crippen molar-refractivity contribution in [2.45, 2.75) is 38.8 Å². The Morgan fingerprint density at radius 1 is 0.846 bits per heavy atom. The molecule has 0 aromatic heterocycles. The molecule has 1 atom stereocenters. The minimum Gasteiger partial charge on any atom is -0.467 e. The Morgan fingerprint density at radius 3 is 1.88 bits per heavy atom. The second kappa shape index (κ2) is 7.60. The van der Waals surface area contributed by atoms with Gasteiger partial charge in [0.15, 0.2) is 5.54 Å². The fourth-order valence-corrected chi connectivity index (χ4v) is 2.58. The summed E-state index contributed by atoms with van der Waals surface area (Å²) in [7, 11) is 1.29. The highest BCUT2D eigenvalue weighted by Gasteiger charge is 2.39. The number of benzene rings is 2. The second-order valence-electron chi connectivity index (χ2n) is 7.19. The van der Waals surface area contributed by atoms with E-state index in [9.17, 15) is 9.59 Å². The van der Waals surface area contributed by atoms with Crippen molar-refractivity contribution < 1.29 is 19.1 Å². The molecule has 1 N–H and O–H groups in total. The summed E-state index contributed by atoms with van der Waals surface area (Å²) in [6.45, 7) is 6.88. The van der Waals surface area contributed by atoms with E-state index < -0.39 is 23.2 Å². The first kappa shape index (κ1) is 19.5. The van der Waals surface area contributed by atoms with Crippen molar-refractivity contribution in [1.29, 1.82) is 0 Å². The van der Waals surface area contributed by atoms with Gasteiger partial charge in [-0.15, -0.1) is 0 Å². The molecule has 0 aliphatic carbocycles. The number of methoxy groups -OCH3 is 1. The smallest absolute Gasteiger partial charge is 0.408 e. The molecule has 0 saturated carbocycles. The average Bonchev–Trinajstić information content (AvgIpc) is 2.60. The van der Waals surface area contributed by atoms with Gasteiger partial charge in [-0.25, -0.2) is 9.59 Å². The van der Waals surface area contributed by atoms with Crippen LogP contribution in [-0.4, -0.2) is 24.8 Å². The highest BCUT2D eigenvalue weighted by Crippen LogP contribution is 2.27. The largest absolute Gasteiger partial charge is 0.467 e. The van der Waals surface area contributed by atoms with Gasteiger partial charge < -0.3 is 14.8 Å². The van der Waals surface area contributed by atoms with Crippen LogP contribution < -0.4 is 5.32 Å². The SMILES string of the molecule is COC(=O)[C@](C)(NC(=O)OC(C)(C)C)c1ccc(-c2ccccc2)cc1. The molecule has 1 amide bonds. The van der Waals surface area contributed by atoms with Gasteiger partial charge in [-0.2, -0.15) is 0 Å². The van der Waals surface area contributed by atoms with Gasteiger partial charge >= 0.3 is 12.1 Å². The van der Waals surface area contributed by atoms with Crippen molar-refractivity contribution in [3.63, 3.8) is 0 Å². The van der Waals surface area contributed by atoms with Crippen LogP contribution in [0.4, 0.5) is 4.79 Å². The van der Waals surface area contributed by atoms with Crippen LogP contribution in [0.2, 0.25) is 0 Å². The number of amides is 1. The summed E-state index contributed by atoms with van der Waals surface area (Å²) in [5.41, 5.74) is 0.664. The predicted octanol–water partition coefficient (Wildman–Crippen LogP) is 4.27. The van der Waals surface area contributed by atoms with Gasteiger partial charge in [-0.1, -0.05) is 54.6 Å². The Bertz CT molecular complexity index is 763. The van der Waals surface area contributed by atoms with E-state index in [4.69, 9.17) is 9.47 Å². The number of ether oxygens (including phenoxy) is 2. The molecule has 0 heterocycles. The molecule has 0 radical (unpaired) electrons. The lowest BCUT2D eigenvalue weighted by Crippen LogP contribution is -2.51. The van der Waals surface area contributed by atoms with E-state index in [-0.39, 0.29) is 0 Å². The van der Waals surface area contributed by atoms with Gasteiger partial charge in [0.1, 0.15) is 5.60 Å². The molecular weight excluding hydrogens is 330 g/mol. The van der Waals surface area contributed by atoms with Gasteiger partial charge in [0.2, 0.25) is 0 Å². The third kappa shape index (κ3) is 4.63. The standard InChI is InChI=1S/C21H25NO4/c1-20(2,3)26-19(24)22-21(4,18(23)25-5)17-13-11-16(12-14-17)15-9-7-6-8-10-15/h6-14H,1-5H3,(H,22,24)/t21-/m1/s1. The normalized spacial score (nSPS) is 13.4. The molecule has 0 spiro atoms. The van der Waals surface area contributed by atoms with Crippen LogP contribution in [-0.2, 0) is 19.8 Å². The van der Waals surface area contributed by atoms with Gasteiger partial charge in [0.25, 0.3) is 0 Å². The lowest BCUT2D eigenvalue weighted by atomic mass is 9.90. The lowest BCUT2D eigenvalue weighted by molar-refractivity contribution is -0.148. The highest BCUT2D eigenvalue weighted by molar-refractivity contribution is 5.87. The predicted molar refractivity (Wildman–Crippen MR) is 101 cm³/mol. The van der Waals surface area contributed by atoms with Crippen molar-refractivity contribution in [3.05, 3.63) is 60.2 Å². The summed E-state index contributed by atoms with van der Waals surface area (Å²) >= 11 is 0. The van der Waals surface area contributed by atoms with E-state index in [1.807, 2.05) is 42.5 Å². The van der Waals surface area contributed by atoms with E-state index >= 15 is 0 Å². The number of rotatable bonds is 4. The molecule has 2 aromatic rings. The number of nitrogens with one attached hydrogen (secondary N) is 1. The van der Waals surface area contributed by atoms with E-state index in [0.717, 1.165) is 11.1 Å². The molecular formula is C21H25NO4. The van der Waals surface area contributed by atoms with Crippen LogP contribution in [0.25, 0.3) is 11.1 Å². The van der Waals surface area contributed by atoms with E-state index in [2.05, 4.69) is 5.32 Å². The lowest BCUT2D eigenvalue weighted by Gasteiger charge is -2.30. The maximum absolute atomic E-state index is 12.4. The number of esters is 1. The summed E-state index contributed by atoms with van der Waals surface area (Å²) in [4.78, 5) is 24.6. The topological polar surface area (TPSA) is 64.6 Å². The van der Waals surface area contributed by atoms with Crippen molar-refractivity contribution in [2.24, 2.45) is 0 Å². The molecule has 5 nitrogen and oxygen atoms in total. The number of hydrogen-bond donors (Lipinski definition) is 1. The third-order valence-electron chi connectivity index (χ3n) is 3.91. The number of carbonyl (C=O) groups is 2. The zero-order valence-electron chi connectivity index (χ0n) is 15.8. The summed E-state index contributed by atoms with van der Waals surface area (Å²) in [6, 6.07) is 17.3. The molecule has 26 heavy (non-hydrogen) atoms. The molecule has 5 heteroatoms. The molecule has 0 aliphatic rings. The molecule has 0 bridgehead atoms. The van der Waals surface area contributed by atoms with Crippen LogP contribution in [0.5, 0.6) is 0 Å². The Hall–Kier alpha value is -2.82. The first-order valence-corrected chi connectivity index (χ1v) is 8.41. The Balaban J connectivity index is 2.31. The van der Waals surface area contributed by atoms with Crippen LogP contribution in [0.15, 0.2) is 54.6 Å². The van der Waals surface area contributed by atoms with Crippen LogP contribution in [0, 0.1) is 0 Å². The summed E-state index contributed by atoms with van der Waals surface area (Å²) < 4.78 is 10.2. The zero-order valence-corrected chi connectivity index (χ0v) is 15.8. The maximum Gasteiger partial charge on any atom is 0.408 e. The quantitative estimate of drug-likeness (QED) is 0.832. The first-order chi connectivity index (χ1) is 12.2. The third-order valence-corrected chi connectivity index (χ3v) is 3.91. The molecule has 0 aliphatic heterocycles. The molecule has 2 aromatic carbocycles. The minimum atomic E-state index is -1.35. The van der Waals surface area contributed by atoms with E-state index in [1.54, 1.807) is 39.8 Å². The number of hydrogen-bond acceptors (Lipinski definition) is 4. The Morgan fingerprint density at radius 2 is 1.38 bits per heavy atom. The van der Waals surface area contributed by atoms with Crippen LogP contribution in [0.1, 0.15) is 33.3 Å². The zero-order chi connectivity index (χ0) is 19.4. The molecule has 138 valence electrons. The fourth-order valence-electron chi connectivity index (χ4n) is 2.58. The maximum atomic E-state index is 12.4. The highest BCUT2D eigenvalue weighted by atomic mass is 16.6.